The highest BCUT2D eigenvalue weighted by molar-refractivity contribution is 9.10. The summed E-state index contributed by atoms with van der Waals surface area (Å²) in [4.78, 5) is 7.01. The van der Waals surface area contributed by atoms with Gasteiger partial charge < -0.3 is 0 Å². The molecule has 3 rings (SSSR count). The van der Waals surface area contributed by atoms with Crippen molar-refractivity contribution >= 4 is 21.6 Å². The fraction of sp³-hybridized carbons (Fsp3) is 0.500. The van der Waals surface area contributed by atoms with E-state index in [1.165, 1.54) is 32.4 Å². The lowest BCUT2D eigenvalue weighted by molar-refractivity contribution is 0.216. The molecular weight excluding hydrogens is 280 g/mol. The second kappa shape index (κ2) is 4.74. The van der Waals surface area contributed by atoms with E-state index in [2.05, 4.69) is 30.9 Å². The first-order chi connectivity index (χ1) is 8.33. The van der Waals surface area contributed by atoms with Crippen LogP contribution in [0.25, 0.3) is 5.65 Å². The molecule has 0 aromatic carbocycles. The normalized spacial score (nSPS) is 17.7. The molecule has 2 aromatic heterocycles. The third kappa shape index (κ3) is 2.35. The highest BCUT2D eigenvalue weighted by Crippen LogP contribution is 2.17. The van der Waals surface area contributed by atoms with Gasteiger partial charge in [0.15, 0.2) is 11.5 Å². The van der Waals surface area contributed by atoms with Crippen molar-refractivity contribution in [2.45, 2.75) is 25.8 Å². The van der Waals surface area contributed by atoms with Crippen molar-refractivity contribution in [3.8, 4) is 0 Å². The van der Waals surface area contributed by atoms with Crippen LogP contribution >= 0.6 is 15.9 Å². The van der Waals surface area contributed by atoms with Crippen LogP contribution in [-0.4, -0.2) is 32.6 Å². The van der Waals surface area contributed by atoms with Gasteiger partial charge in [0.05, 0.1) is 11.0 Å². The Labute approximate surface area is 109 Å². The average molecular weight is 295 g/mol. The molecule has 4 nitrogen and oxygen atoms in total. The Morgan fingerprint density at radius 2 is 2.06 bits per heavy atom. The minimum Gasteiger partial charge on any atom is -0.296 e. The molecule has 90 valence electrons. The molecule has 0 aliphatic carbocycles. The van der Waals surface area contributed by atoms with E-state index in [1.54, 1.807) is 0 Å². The van der Waals surface area contributed by atoms with Gasteiger partial charge in [0.1, 0.15) is 0 Å². The van der Waals surface area contributed by atoms with E-state index in [0.717, 1.165) is 22.5 Å². The lowest BCUT2D eigenvalue weighted by Gasteiger charge is -2.24. The number of nitrogens with zero attached hydrogens (tertiary/aromatic N) is 4. The van der Waals surface area contributed by atoms with Gasteiger partial charge in [-0.2, -0.15) is 0 Å². The van der Waals surface area contributed by atoms with Crippen LogP contribution in [0.4, 0.5) is 0 Å². The number of pyridine rings is 1. The zero-order valence-electron chi connectivity index (χ0n) is 9.64. The molecule has 0 bridgehead atoms. The number of piperidine rings is 1. The summed E-state index contributed by atoms with van der Waals surface area (Å²) < 4.78 is 2.83. The van der Waals surface area contributed by atoms with Gasteiger partial charge >= 0.3 is 0 Å². The van der Waals surface area contributed by atoms with Gasteiger partial charge in [0.25, 0.3) is 0 Å². The van der Waals surface area contributed by atoms with Crippen LogP contribution in [0.1, 0.15) is 25.1 Å². The Hall–Kier alpha value is -0.940. The maximum Gasteiger partial charge on any atom is 0.169 e. The van der Waals surface area contributed by atoms with E-state index in [-0.39, 0.29) is 0 Å². The molecule has 0 amide bonds. The van der Waals surface area contributed by atoms with Crippen molar-refractivity contribution in [3.05, 3.63) is 28.6 Å². The van der Waals surface area contributed by atoms with Crippen LogP contribution in [0.3, 0.4) is 0 Å². The summed E-state index contributed by atoms with van der Waals surface area (Å²) in [5.41, 5.74) is 0.902. The fourth-order valence-corrected chi connectivity index (χ4v) is 2.73. The molecule has 0 N–H and O–H groups in total. The van der Waals surface area contributed by atoms with Gasteiger partial charge in [-0.15, -0.1) is 5.10 Å². The Morgan fingerprint density at radius 1 is 1.24 bits per heavy atom. The van der Waals surface area contributed by atoms with Gasteiger partial charge in [-0.3, -0.25) is 4.90 Å². The van der Waals surface area contributed by atoms with Crippen LogP contribution in [0.15, 0.2) is 22.8 Å². The number of halogens is 1. The zero-order valence-corrected chi connectivity index (χ0v) is 11.2. The Morgan fingerprint density at radius 3 is 2.82 bits per heavy atom. The predicted octanol–water partition coefficient (Wildman–Crippen LogP) is 2.48. The fourth-order valence-electron chi connectivity index (χ4n) is 2.30. The molecule has 1 saturated heterocycles. The number of fused-ring (bicyclic) bond motifs is 1. The summed E-state index contributed by atoms with van der Waals surface area (Å²) in [7, 11) is 0. The third-order valence-corrected chi connectivity index (χ3v) is 3.79. The highest BCUT2D eigenvalue weighted by Gasteiger charge is 2.13. The van der Waals surface area contributed by atoms with Gasteiger partial charge in [0.2, 0.25) is 0 Å². The standard InChI is InChI=1S/C12H15BrN4/c13-10-5-4-8-17-12(10)14-11(15-17)9-16-6-2-1-3-7-16/h4-5,8H,1-3,6-7,9H2. The molecule has 5 heteroatoms. The van der Waals surface area contributed by atoms with Crippen LogP contribution in [0.2, 0.25) is 0 Å². The molecular formula is C12H15BrN4. The summed E-state index contributed by atoms with van der Waals surface area (Å²) in [6.07, 6.45) is 5.90. The first-order valence-electron chi connectivity index (χ1n) is 6.05. The van der Waals surface area contributed by atoms with Crippen LogP contribution in [0.5, 0.6) is 0 Å². The van der Waals surface area contributed by atoms with Gasteiger partial charge in [0, 0.05) is 6.20 Å². The second-order valence-electron chi connectivity index (χ2n) is 4.49. The molecule has 1 fully saturated rings. The minimum absolute atomic E-state index is 0.869. The summed E-state index contributed by atoms with van der Waals surface area (Å²) in [5.74, 6) is 0.916. The lowest BCUT2D eigenvalue weighted by atomic mass is 10.1. The number of likely N-dealkylation sites (tertiary alicyclic amines) is 1. The van der Waals surface area contributed by atoms with Gasteiger partial charge in [-0.1, -0.05) is 6.42 Å². The van der Waals surface area contributed by atoms with Crippen LogP contribution in [-0.2, 0) is 6.54 Å². The van der Waals surface area contributed by atoms with Crippen LogP contribution < -0.4 is 0 Å². The lowest BCUT2D eigenvalue weighted by Crippen LogP contribution is -2.29. The Bertz CT molecular complexity index is 516. The van der Waals surface area contributed by atoms with Gasteiger partial charge in [-0.05, 0) is 54.0 Å². The quantitative estimate of drug-likeness (QED) is 0.853. The number of hydrogen-bond donors (Lipinski definition) is 0. The molecule has 17 heavy (non-hydrogen) atoms. The summed E-state index contributed by atoms with van der Waals surface area (Å²) in [6, 6.07) is 3.96. The third-order valence-electron chi connectivity index (χ3n) is 3.17. The summed E-state index contributed by atoms with van der Waals surface area (Å²) in [6.45, 7) is 3.22. The number of rotatable bonds is 2. The van der Waals surface area contributed by atoms with E-state index in [0.29, 0.717) is 0 Å². The zero-order chi connectivity index (χ0) is 11.7. The first kappa shape index (κ1) is 11.2. The molecule has 0 spiro atoms. The van der Waals surface area contributed by atoms with Crippen molar-refractivity contribution < 1.29 is 0 Å². The topological polar surface area (TPSA) is 33.4 Å². The van der Waals surface area contributed by atoms with E-state index in [1.807, 2.05) is 22.8 Å². The Kier molecular flexibility index (Phi) is 3.11. The highest BCUT2D eigenvalue weighted by atomic mass is 79.9. The van der Waals surface area contributed by atoms with Crippen molar-refractivity contribution in [2.24, 2.45) is 0 Å². The van der Waals surface area contributed by atoms with Crippen molar-refractivity contribution in [1.29, 1.82) is 0 Å². The van der Waals surface area contributed by atoms with Crippen molar-refractivity contribution in [3.63, 3.8) is 0 Å². The van der Waals surface area contributed by atoms with Crippen LogP contribution in [0, 0.1) is 0 Å². The minimum atomic E-state index is 0.869. The maximum atomic E-state index is 4.57. The molecule has 0 atom stereocenters. The molecule has 0 unspecified atom stereocenters. The molecule has 0 saturated carbocycles. The van der Waals surface area contributed by atoms with Gasteiger partial charge in [-0.25, -0.2) is 9.50 Å². The smallest absolute Gasteiger partial charge is 0.169 e. The molecule has 2 aromatic rings. The maximum absolute atomic E-state index is 4.57. The molecule has 1 aliphatic heterocycles. The molecule has 0 radical (unpaired) electrons. The monoisotopic (exact) mass is 294 g/mol. The van der Waals surface area contributed by atoms with E-state index >= 15 is 0 Å². The van der Waals surface area contributed by atoms with E-state index < -0.39 is 0 Å². The first-order valence-corrected chi connectivity index (χ1v) is 6.84. The van der Waals surface area contributed by atoms with E-state index in [4.69, 9.17) is 0 Å². The predicted molar refractivity (Wildman–Crippen MR) is 69.8 cm³/mol. The number of aromatic nitrogens is 3. The largest absolute Gasteiger partial charge is 0.296 e. The van der Waals surface area contributed by atoms with Crippen molar-refractivity contribution in [1.82, 2.24) is 19.5 Å². The number of hydrogen-bond acceptors (Lipinski definition) is 3. The molecule has 3 heterocycles. The summed E-state index contributed by atoms with van der Waals surface area (Å²) >= 11 is 3.50. The Balaban J connectivity index is 1.83. The molecule has 1 aliphatic rings. The SMILES string of the molecule is Brc1cccn2nc(CN3CCCCC3)nc12. The summed E-state index contributed by atoms with van der Waals surface area (Å²) in [5, 5.41) is 4.50. The van der Waals surface area contributed by atoms with Crippen molar-refractivity contribution in [2.75, 3.05) is 13.1 Å². The average Bonchev–Trinajstić information content (AvgIpc) is 2.74. The second-order valence-corrected chi connectivity index (χ2v) is 5.34. The van der Waals surface area contributed by atoms with E-state index in [9.17, 15) is 0 Å².